The van der Waals surface area contributed by atoms with Crippen molar-refractivity contribution in [3.63, 3.8) is 0 Å². The highest BCUT2D eigenvalue weighted by atomic mass is 32.2. The quantitative estimate of drug-likeness (QED) is 0.304. The van der Waals surface area contributed by atoms with Crippen LogP contribution in [0.25, 0.3) is 20.7 Å². The number of nitrogens with one attached hydrogen (secondary N) is 1. The summed E-state index contributed by atoms with van der Waals surface area (Å²) in [5.41, 5.74) is 0.838. The molecule has 0 aliphatic rings. The fraction of sp³-hybridized carbons (Fsp3) is 0.350. The van der Waals surface area contributed by atoms with Gasteiger partial charge in [0.1, 0.15) is 4.83 Å². The molecule has 0 atom stereocenters. The van der Waals surface area contributed by atoms with Crippen LogP contribution in [0.3, 0.4) is 0 Å². The minimum Gasteiger partial charge on any atom is -0.355 e. The van der Waals surface area contributed by atoms with Gasteiger partial charge in [0.05, 0.1) is 11.1 Å². The lowest BCUT2D eigenvalue weighted by atomic mass is 10.1. The molecule has 0 radical (unpaired) electrons. The van der Waals surface area contributed by atoms with Crippen molar-refractivity contribution in [1.82, 2.24) is 14.9 Å². The number of amides is 1. The van der Waals surface area contributed by atoms with E-state index in [4.69, 9.17) is 0 Å². The molecule has 0 unspecified atom stereocenters. The number of allylic oxidation sites excluding steroid dienone is 1. The summed E-state index contributed by atoms with van der Waals surface area (Å²) in [5, 5.41) is 8.09. The van der Waals surface area contributed by atoms with Gasteiger partial charge in [-0.25, -0.2) is 4.98 Å². The lowest BCUT2D eigenvalue weighted by Crippen LogP contribution is -2.28. The summed E-state index contributed by atoms with van der Waals surface area (Å²) in [5.74, 6) is 0.734. The van der Waals surface area contributed by atoms with Crippen molar-refractivity contribution in [3.8, 4) is 10.4 Å². The van der Waals surface area contributed by atoms with E-state index in [1.165, 1.54) is 23.1 Å². The zero-order chi connectivity index (χ0) is 20.1. The minimum atomic E-state index is -0.0859. The van der Waals surface area contributed by atoms with Gasteiger partial charge < -0.3 is 5.32 Å². The lowest BCUT2D eigenvalue weighted by molar-refractivity contribution is -0.118. The van der Waals surface area contributed by atoms with Crippen molar-refractivity contribution in [2.75, 3.05) is 12.3 Å². The van der Waals surface area contributed by atoms with Crippen LogP contribution in [0.1, 0.15) is 20.3 Å². The van der Waals surface area contributed by atoms with Gasteiger partial charge in [-0.2, -0.15) is 0 Å². The Morgan fingerprint density at radius 3 is 2.93 bits per heavy atom. The Morgan fingerprint density at radius 2 is 2.25 bits per heavy atom. The van der Waals surface area contributed by atoms with E-state index < -0.39 is 0 Å². The van der Waals surface area contributed by atoms with Gasteiger partial charge in [0.15, 0.2) is 5.16 Å². The Bertz CT molecular complexity index is 1020. The zero-order valence-electron chi connectivity index (χ0n) is 15.9. The van der Waals surface area contributed by atoms with Gasteiger partial charge in [0.2, 0.25) is 5.91 Å². The molecule has 5 nitrogen and oxygen atoms in total. The number of carbonyl (C=O) groups excluding carboxylic acids is 1. The van der Waals surface area contributed by atoms with E-state index in [1.807, 2.05) is 22.9 Å². The third kappa shape index (κ3) is 4.74. The highest BCUT2D eigenvalue weighted by Crippen LogP contribution is 2.34. The van der Waals surface area contributed by atoms with Crippen LogP contribution in [0.4, 0.5) is 0 Å². The Balaban J connectivity index is 1.86. The van der Waals surface area contributed by atoms with Crippen molar-refractivity contribution in [3.05, 3.63) is 45.9 Å². The van der Waals surface area contributed by atoms with E-state index in [-0.39, 0.29) is 17.2 Å². The van der Waals surface area contributed by atoms with Gasteiger partial charge in [0.25, 0.3) is 5.56 Å². The summed E-state index contributed by atoms with van der Waals surface area (Å²) in [6.45, 7) is 9.03. The van der Waals surface area contributed by atoms with Gasteiger partial charge in [0, 0.05) is 28.9 Å². The Morgan fingerprint density at radius 1 is 1.43 bits per heavy atom. The molecule has 0 saturated carbocycles. The fourth-order valence-corrected chi connectivity index (χ4v) is 5.34. The van der Waals surface area contributed by atoms with Crippen molar-refractivity contribution in [1.29, 1.82) is 0 Å². The molecule has 28 heavy (non-hydrogen) atoms. The first-order valence-corrected chi connectivity index (χ1v) is 11.8. The highest BCUT2D eigenvalue weighted by molar-refractivity contribution is 7.99. The molecule has 3 aromatic rings. The summed E-state index contributed by atoms with van der Waals surface area (Å²) in [7, 11) is 0. The van der Waals surface area contributed by atoms with Crippen molar-refractivity contribution in [2.24, 2.45) is 5.92 Å². The number of hydrogen-bond acceptors (Lipinski definition) is 6. The van der Waals surface area contributed by atoms with Crippen molar-refractivity contribution < 1.29 is 4.79 Å². The number of aromatic nitrogens is 2. The molecule has 1 amide bonds. The molecule has 148 valence electrons. The second kappa shape index (κ2) is 9.54. The second-order valence-corrected chi connectivity index (χ2v) is 9.48. The molecule has 0 aromatic carbocycles. The number of thioether (sulfide) groups is 1. The van der Waals surface area contributed by atoms with Crippen LogP contribution >= 0.6 is 34.4 Å². The van der Waals surface area contributed by atoms with Crippen LogP contribution in [0.15, 0.2) is 45.5 Å². The number of fused-ring (bicyclic) bond motifs is 1. The number of carbonyl (C=O) groups is 1. The van der Waals surface area contributed by atoms with Crippen LogP contribution in [0.5, 0.6) is 0 Å². The SMILES string of the molecule is C=CCn1c(SCC(=O)NCCC(C)C)nc2scc(-c3cccs3)c2c1=O. The molecule has 3 heterocycles. The lowest BCUT2D eigenvalue weighted by Gasteiger charge is -2.11. The molecular formula is C20H23N3O2S3. The fourth-order valence-electron chi connectivity index (χ4n) is 2.70. The van der Waals surface area contributed by atoms with E-state index in [0.717, 1.165) is 16.9 Å². The summed E-state index contributed by atoms with van der Waals surface area (Å²) in [6.07, 6.45) is 2.63. The average Bonchev–Trinajstić information content (AvgIpc) is 3.31. The number of nitrogens with zero attached hydrogens (tertiary/aromatic N) is 2. The smallest absolute Gasteiger partial charge is 0.263 e. The van der Waals surface area contributed by atoms with E-state index >= 15 is 0 Å². The summed E-state index contributed by atoms with van der Waals surface area (Å²) in [4.78, 5) is 31.7. The molecule has 3 rings (SSSR count). The van der Waals surface area contributed by atoms with E-state index in [0.29, 0.717) is 34.4 Å². The molecule has 0 aliphatic carbocycles. The number of rotatable bonds is 9. The molecule has 8 heteroatoms. The van der Waals surface area contributed by atoms with E-state index in [1.54, 1.807) is 22.0 Å². The first kappa shape index (κ1) is 20.8. The Kier molecular flexibility index (Phi) is 7.09. The molecular weight excluding hydrogens is 410 g/mol. The highest BCUT2D eigenvalue weighted by Gasteiger charge is 2.18. The molecule has 0 aliphatic heterocycles. The van der Waals surface area contributed by atoms with Crippen LogP contribution < -0.4 is 10.9 Å². The number of hydrogen-bond donors (Lipinski definition) is 1. The topological polar surface area (TPSA) is 64.0 Å². The number of thiophene rings is 2. The van der Waals surface area contributed by atoms with Crippen LogP contribution in [-0.2, 0) is 11.3 Å². The van der Waals surface area contributed by atoms with Crippen LogP contribution in [-0.4, -0.2) is 27.8 Å². The van der Waals surface area contributed by atoms with Gasteiger partial charge in [-0.3, -0.25) is 14.2 Å². The molecule has 0 saturated heterocycles. The molecule has 0 bridgehead atoms. The summed E-state index contributed by atoms with van der Waals surface area (Å²) < 4.78 is 1.60. The summed E-state index contributed by atoms with van der Waals surface area (Å²) >= 11 is 4.36. The first-order chi connectivity index (χ1) is 13.5. The predicted octanol–water partition coefficient (Wildman–Crippen LogP) is 4.63. The van der Waals surface area contributed by atoms with E-state index in [2.05, 4.69) is 30.7 Å². The molecule has 0 fully saturated rings. The second-order valence-electron chi connectivity index (χ2n) is 6.73. The average molecular weight is 434 g/mol. The predicted molar refractivity (Wildman–Crippen MR) is 121 cm³/mol. The standard InChI is InChI=1S/C20H23N3O2S3/c1-4-9-23-19(25)17-14(15-6-5-10-26-15)11-27-18(17)22-20(23)28-12-16(24)21-8-7-13(2)3/h4-6,10-11,13H,1,7-9,12H2,2-3H3,(H,21,24). The third-order valence-corrected chi connectivity index (χ3v) is 6.89. The Labute approximate surface area is 176 Å². The van der Waals surface area contributed by atoms with Crippen LogP contribution in [0, 0.1) is 5.92 Å². The van der Waals surface area contributed by atoms with Crippen molar-refractivity contribution >= 4 is 50.6 Å². The normalized spacial score (nSPS) is 11.2. The summed E-state index contributed by atoms with van der Waals surface area (Å²) in [6, 6.07) is 3.98. The van der Waals surface area contributed by atoms with Gasteiger partial charge in [-0.1, -0.05) is 37.8 Å². The minimum absolute atomic E-state index is 0.0457. The molecule has 3 aromatic heterocycles. The third-order valence-electron chi connectivity index (χ3n) is 4.13. The van der Waals surface area contributed by atoms with Crippen molar-refractivity contribution in [2.45, 2.75) is 32.0 Å². The monoisotopic (exact) mass is 433 g/mol. The van der Waals surface area contributed by atoms with Gasteiger partial charge >= 0.3 is 0 Å². The van der Waals surface area contributed by atoms with Gasteiger partial charge in [-0.05, 0) is 23.8 Å². The maximum Gasteiger partial charge on any atom is 0.263 e. The maximum atomic E-state index is 13.2. The zero-order valence-corrected chi connectivity index (χ0v) is 18.4. The van der Waals surface area contributed by atoms with Crippen LogP contribution in [0.2, 0.25) is 0 Å². The largest absolute Gasteiger partial charge is 0.355 e. The first-order valence-electron chi connectivity index (χ1n) is 9.07. The Hall–Kier alpha value is -1.90. The molecule has 0 spiro atoms. The van der Waals surface area contributed by atoms with E-state index in [9.17, 15) is 9.59 Å². The van der Waals surface area contributed by atoms with Gasteiger partial charge in [-0.15, -0.1) is 29.3 Å². The maximum absolute atomic E-state index is 13.2. The molecule has 1 N–H and O–H groups in total.